The van der Waals surface area contributed by atoms with Gasteiger partial charge in [-0.1, -0.05) is 29.3 Å². The molecule has 1 aromatic rings. The van der Waals surface area contributed by atoms with Crippen LogP contribution in [-0.2, 0) is 0 Å². The highest BCUT2D eigenvalue weighted by atomic mass is 79.9. The number of furan rings is 1. The van der Waals surface area contributed by atoms with Gasteiger partial charge < -0.3 is 9.73 Å². The zero-order valence-electron chi connectivity index (χ0n) is 8.43. The number of nitrogens with one attached hydrogen (secondary N) is 1. The third-order valence-corrected chi connectivity index (χ3v) is 3.34. The zero-order chi connectivity index (χ0) is 11.3. The fourth-order valence-corrected chi connectivity index (χ4v) is 2.21. The molecule has 0 saturated carbocycles. The van der Waals surface area contributed by atoms with Crippen molar-refractivity contribution in [2.45, 2.75) is 24.6 Å². The first-order chi connectivity index (χ1) is 7.15. The molecular weight excluding hydrogens is 326 g/mol. The van der Waals surface area contributed by atoms with Crippen molar-refractivity contribution in [2.24, 2.45) is 0 Å². The fourth-order valence-electron chi connectivity index (χ4n) is 1.17. The number of alkyl halides is 1. The summed E-state index contributed by atoms with van der Waals surface area (Å²) in [5, 5.41) is 2.83. The van der Waals surface area contributed by atoms with Crippen molar-refractivity contribution in [3.8, 4) is 0 Å². The summed E-state index contributed by atoms with van der Waals surface area (Å²) in [5.41, 5.74) is 0.534. The largest absolute Gasteiger partial charge is 0.457 e. The van der Waals surface area contributed by atoms with E-state index in [0.29, 0.717) is 21.6 Å². The number of halogens is 2. The standard InChI is InChI=1S/C10H13Br2NO2/c1-2-3-7(11)6-13-10(14)8-4-5-15-9(8)12/h4-5,7H,2-3,6H2,1H3,(H,13,14). The Morgan fingerprint density at radius 2 is 2.40 bits per heavy atom. The highest BCUT2D eigenvalue weighted by molar-refractivity contribution is 9.10. The van der Waals surface area contributed by atoms with E-state index in [-0.39, 0.29) is 5.91 Å². The van der Waals surface area contributed by atoms with E-state index in [1.54, 1.807) is 6.07 Å². The van der Waals surface area contributed by atoms with E-state index in [1.165, 1.54) is 6.26 Å². The van der Waals surface area contributed by atoms with E-state index in [0.717, 1.165) is 12.8 Å². The van der Waals surface area contributed by atoms with E-state index >= 15 is 0 Å². The summed E-state index contributed by atoms with van der Waals surface area (Å²) in [6.07, 6.45) is 3.63. The third-order valence-electron chi connectivity index (χ3n) is 1.95. The van der Waals surface area contributed by atoms with Crippen molar-refractivity contribution < 1.29 is 9.21 Å². The summed E-state index contributed by atoms with van der Waals surface area (Å²) in [5.74, 6) is -0.115. The first-order valence-electron chi connectivity index (χ1n) is 4.80. The molecule has 0 fully saturated rings. The van der Waals surface area contributed by atoms with Crippen LogP contribution in [0.3, 0.4) is 0 Å². The van der Waals surface area contributed by atoms with Gasteiger partial charge in [-0.15, -0.1) is 0 Å². The maximum absolute atomic E-state index is 11.6. The molecule has 1 unspecified atom stereocenters. The van der Waals surface area contributed by atoms with Crippen LogP contribution in [0.4, 0.5) is 0 Å². The fraction of sp³-hybridized carbons (Fsp3) is 0.500. The van der Waals surface area contributed by atoms with Gasteiger partial charge in [0.25, 0.3) is 5.91 Å². The molecule has 84 valence electrons. The van der Waals surface area contributed by atoms with Gasteiger partial charge in [-0.05, 0) is 28.4 Å². The Balaban J connectivity index is 2.40. The number of amides is 1. The van der Waals surface area contributed by atoms with Crippen LogP contribution in [0.2, 0.25) is 0 Å². The molecule has 0 aliphatic rings. The molecule has 0 aromatic carbocycles. The third kappa shape index (κ3) is 3.99. The topological polar surface area (TPSA) is 42.2 Å². The van der Waals surface area contributed by atoms with Gasteiger partial charge in [-0.25, -0.2) is 0 Å². The lowest BCUT2D eigenvalue weighted by Crippen LogP contribution is -2.29. The van der Waals surface area contributed by atoms with Gasteiger partial charge in [0.15, 0.2) is 4.67 Å². The predicted molar refractivity (Wildman–Crippen MR) is 66.4 cm³/mol. The van der Waals surface area contributed by atoms with E-state index in [9.17, 15) is 4.79 Å². The highest BCUT2D eigenvalue weighted by Crippen LogP contribution is 2.17. The molecule has 0 bridgehead atoms. The Morgan fingerprint density at radius 3 is 2.93 bits per heavy atom. The van der Waals surface area contributed by atoms with Crippen molar-refractivity contribution in [1.29, 1.82) is 0 Å². The van der Waals surface area contributed by atoms with Gasteiger partial charge in [0, 0.05) is 11.4 Å². The molecule has 1 heterocycles. The second kappa shape index (κ2) is 6.33. The summed E-state index contributed by atoms with van der Waals surface area (Å²) >= 11 is 6.66. The van der Waals surface area contributed by atoms with Crippen LogP contribution in [-0.4, -0.2) is 17.3 Å². The summed E-state index contributed by atoms with van der Waals surface area (Å²) in [4.78, 5) is 11.9. The molecule has 3 nitrogen and oxygen atoms in total. The molecule has 0 aliphatic carbocycles. The normalized spacial score (nSPS) is 12.5. The smallest absolute Gasteiger partial charge is 0.255 e. The summed E-state index contributed by atoms with van der Waals surface area (Å²) in [6.45, 7) is 2.74. The van der Waals surface area contributed by atoms with E-state index < -0.39 is 0 Å². The Morgan fingerprint density at radius 1 is 1.67 bits per heavy atom. The average molecular weight is 339 g/mol. The van der Waals surface area contributed by atoms with Crippen molar-refractivity contribution in [3.05, 3.63) is 22.6 Å². The van der Waals surface area contributed by atoms with Crippen molar-refractivity contribution in [1.82, 2.24) is 5.32 Å². The number of rotatable bonds is 5. The summed E-state index contributed by atoms with van der Waals surface area (Å²) in [6, 6.07) is 1.64. The molecule has 1 rings (SSSR count). The molecule has 5 heteroatoms. The second-order valence-electron chi connectivity index (χ2n) is 3.20. The van der Waals surface area contributed by atoms with Crippen LogP contribution >= 0.6 is 31.9 Å². The SMILES string of the molecule is CCCC(Br)CNC(=O)c1ccoc1Br. The van der Waals surface area contributed by atoms with Gasteiger partial charge >= 0.3 is 0 Å². The lowest BCUT2D eigenvalue weighted by atomic mass is 10.2. The molecule has 0 radical (unpaired) electrons. The lowest BCUT2D eigenvalue weighted by Gasteiger charge is -2.09. The average Bonchev–Trinajstić information content (AvgIpc) is 2.61. The lowest BCUT2D eigenvalue weighted by molar-refractivity contribution is 0.0952. The van der Waals surface area contributed by atoms with Gasteiger partial charge in [0.05, 0.1) is 11.8 Å². The Kier molecular flexibility index (Phi) is 5.39. The monoisotopic (exact) mass is 337 g/mol. The molecule has 1 amide bonds. The zero-order valence-corrected chi connectivity index (χ0v) is 11.6. The van der Waals surface area contributed by atoms with Gasteiger partial charge in [0.2, 0.25) is 0 Å². The van der Waals surface area contributed by atoms with Gasteiger partial charge in [-0.3, -0.25) is 4.79 Å². The molecule has 0 aliphatic heterocycles. The second-order valence-corrected chi connectivity index (χ2v) is 5.22. The Labute approximate surface area is 106 Å². The molecule has 15 heavy (non-hydrogen) atoms. The first kappa shape index (κ1) is 12.8. The number of carbonyl (C=O) groups excluding carboxylic acids is 1. The maximum Gasteiger partial charge on any atom is 0.255 e. The maximum atomic E-state index is 11.6. The number of carbonyl (C=O) groups is 1. The van der Waals surface area contributed by atoms with Crippen LogP contribution in [0.15, 0.2) is 21.4 Å². The van der Waals surface area contributed by atoms with E-state index in [1.807, 2.05) is 0 Å². The molecule has 0 saturated heterocycles. The van der Waals surface area contributed by atoms with Crippen molar-refractivity contribution in [3.63, 3.8) is 0 Å². The quantitative estimate of drug-likeness (QED) is 0.837. The highest BCUT2D eigenvalue weighted by Gasteiger charge is 2.13. The van der Waals surface area contributed by atoms with Gasteiger partial charge in [0.1, 0.15) is 0 Å². The molecule has 1 N–H and O–H groups in total. The van der Waals surface area contributed by atoms with Crippen molar-refractivity contribution >= 4 is 37.8 Å². The van der Waals surface area contributed by atoms with Crippen molar-refractivity contribution in [2.75, 3.05) is 6.54 Å². The summed E-state index contributed by atoms with van der Waals surface area (Å²) in [7, 11) is 0. The van der Waals surface area contributed by atoms with Crippen LogP contribution in [0.5, 0.6) is 0 Å². The predicted octanol–water partition coefficient (Wildman–Crippen LogP) is 3.34. The van der Waals surface area contributed by atoms with Crippen LogP contribution < -0.4 is 5.32 Å². The molecular formula is C10H13Br2NO2. The van der Waals surface area contributed by atoms with Crippen LogP contribution in [0, 0.1) is 0 Å². The number of hydrogen-bond donors (Lipinski definition) is 1. The van der Waals surface area contributed by atoms with Gasteiger partial charge in [-0.2, -0.15) is 0 Å². The minimum Gasteiger partial charge on any atom is -0.457 e. The number of hydrogen-bond acceptors (Lipinski definition) is 2. The minimum absolute atomic E-state index is 0.115. The van der Waals surface area contributed by atoms with Crippen LogP contribution in [0.25, 0.3) is 0 Å². The minimum atomic E-state index is -0.115. The molecule has 0 spiro atoms. The summed E-state index contributed by atoms with van der Waals surface area (Å²) < 4.78 is 5.46. The Hall–Kier alpha value is -0.290. The molecule has 1 atom stereocenters. The Bertz CT molecular complexity index is 325. The first-order valence-corrected chi connectivity index (χ1v) is 6.51. The molecule has 1 aromatic heterocycles. The van der Waals surface area contributed by atoms with E-state index in [2.05, 4.69) is 44.1 Å². The van der Waals surface area contributed by atoms with Crippen LogP contribution in [0.1, 0.15) is 30.1 Å². The van der Waals surface area contributed by atoms with E-state index in [4.69, 9.17) is 4.42 Å².